The van der Waals surface area contributed by atoms with Crippen molar-refractivity contribution in [3.05, 3.63) is 12.2 Å². The van der Waals surface area contributed by atoms with Crippen molar-refractivity contribution in [2.45, 2.75) is 38.3 Å². The number of aliphatic hydroxyl groups is 1. The van der Waals surface area contributed by atoms with Gasteiger partial charge in [0, 0.05) is 19.7 Å². The Bertz CT molecular complexity index is 326. The van der Waals surface area contributed by atoms with Crippen LogP contribution in [0.3, 0.4) is 0 Å². The zero-order chi connectivity index (χ0) is 11.4. The first kappa shape index (κ1) is 11.5. The molecule has 90 valence electrons. The van der Waals surface area contributed by atoms with Gasteiger partial charge >= 0.3 is 0 Å². The Hall–Kier alpha value is -0.940. The van der Waals surface area contributed by atoms with Crippen molar-refractivity contribution >= 4 is 0 Å². The summed E-state index contributed by atoms with van der Waals surface area (Å²) in [6, 6.07) is 0.426. The van der Waals surface area contributed by atoms with E-state index in [4.69, 9.17) is 0 Å². The molecule has 1 aromatic rings. The fraction of sp³-hybridized carbons (Fsp3) is 0.818. The van der Waals surface area contributed by atoms with Crippen molar-refractivity contribution in [1.29, 1.82) is 0 Å². The molecule has 0 amide bonds. The predicted molar refractivity (Wildman–Crippen MR) is 60.7 cm³/mol. The SMILES string of the molecule is Cn1ncnc1CN[C@@H]1CCCC[C@@H]1CO. The normalized spacial score (nSPS) is 25.9. The van der Waals surface area contributed by atoms with Crippen LogP contribution < -0.4 is 5.32 Å². The molecule has 2 rings (SSSR count). The molecule has 1 fully saturated rings. The van der Waals surface area contributed by atoms with Crippen molar-refractivity contribution in [2.24, 2.45) is 13.0 Å². The summed E-state index contributed by atoms with van der Waals surface area (Å²) >= 11 is 0. The monoisotopic (exact) mass is 224 g/mol. The van der Waals surface area contributed by atoms with E-state index in [1.54, 1.807) is 11.0 Å². The molecule has 0 bridgehead atoms. The number of aromatic nitrogens is 3. The highest BCUT2D eigenvalue weighted by Gasteiger charge is 2.24. The summed E-state index contributed by atoms with van der Waals surface area (Å²) in [7, 11) is 1.90. The largest absolute Gasteiger partial charge is 0.396 e. The Morgan fingerprint density at radius 3 is 3.00 bits per heavy atom. The van der Waals surface area contributed by atoms with E-state index in [2.05, 4.69) is 15.4 Å². The third-order valence-corrected chi connectivity index (χ3v) is 3.47. The van der Waals surface area contributed by atoms with E-state index in [1.807, 2.05) is 7.05 Å². The second-order valence-corrected chi connectivity index (χ2v) is 4.51. The third-order valence-electron chi connectivity index (χ3n) is 3.47. The minimum atomic E-state index is 0.288. The molecule has 1 aliphatic rings. The Balaban J connectivity index is 1.86. The Morgan fingerprint density at radius 2 is 2.31 bits per heavy atom. The van der Waals surface area contributed by atoms with E-state index in [1.165, 1.54) is 12.8 Å². The van der Waals surface area contributed by atoms with Gasteiger partial charge in [0.25, 0.3) is 0 Å². The van der Waals surface area contributed by atoms with Crippen molar-refractivity contribution in [3.63, 3.8) is 0 Å². The molecule has 1 heterocycles. The molecule has 0 aliphatic heterocycles. The van der Waals surface area contributed by atoms with Gasteiger partial charge in [0.1, 0.15) is 12.2 Å². The topological polar surface area (TPSA) is 63.0 Å². The van der Waals surface area contributed by atoms with Crippen LogP contribution in [0.5, 0.6) is 0 Å². The molecular formula is C11H20N4O. The van der Waals surface area contributed by atoms with Crippen LogP contribution in [0.4, 0.5) is 0 Å². The van der Waals surface area contributed by atoms with Gasteiger partial charge in [0.05, 0.1) is 6.54 Å². The lowest BCUT2D eigenvalue weighted by Crippen LogP contribution is -2.40. The zero-order valence-electron chi connectivity index (χ0n) is 9.76. The Labute approximate surface area is 95.9 Å². The van der Waals surface area contributed by atoms with E-state index < -0.39 is 0 Å². The van der Waals surface area contributed by atoms with E-state index in [0.29, 0.717) is 12.0 Å². The highest BCUT2D eigenvalue weighted by Crippen LogP contribution is 2.24. The molecule has 2 atom stereocenters. The first-order valence-corrected chi connectivity index (χ1v) is 5.98. The molecule has 0 saturated heterocycles. The number of nitrogens with one attached hydrogen (secondary N) is 1. The van der Waals surface area contributed by atoms with Gasteiger partial charge < -0.3 is 10.4 Å². The van der Waals surface area contributed by atoms with Gasteiger partial charge in [-0.25, -0.2) is 4.98 Å². The molecule has 1 aromatic heterocycles. The lowest BCUT2D eigenvalue weighted by molar-refractivity contribution is 0.151. The van der Waals surface area contributed by atoms with Gasteiger partial charge in [-0.1, -0.05) is 12.8 Å². The highest BCUT2D eigenvalue weighted by atomic mass is 16.3. The standard InChI is InChI=1S/C11H20N4O/c1-15-11(13-8-14-15)6-12-10-5-3-2-4-9(10)7-16/h8-10,12,16H,2-7H2,1H3/t9-,10-/m1/s1. The van der Waals surface area contributed by atoms with Crippen LogP contribution in [0.15, 0.2) is 6.33 Å². The van der Waals surface area contributed by atoms with Crippen LogP contribution in [-0.4, -0.2) is 32.5 Å². The van der Waals surface area contributed by atoms with Gasteiger partial charge in [0.15, 0.2) is 0 Å². The number of hydrogen-bond acceptors (Lipinski definition) is 4. The maximum absolute atomic E-state index is 9.30. The highest BCUT2D eigenvalue weighted by molar-refractivity contribution is 4.86. The molecule has 5 heteroatoms. The van der Waals surface area contributed by atoms with Gasteiger partial charge in [-0.15, -0.1) is 0 Å². The third kappa shape index (κ3) is 2.59. The number of rotatable bonds is 4. The number of nitrogens with zero attached hydrogens (tertiary/aromatic N) is 3. The van der Waals surface area contributed by atoms with Crippen molar-refractivity contribution in [1.82, 2.24) is 20.1 Å². The van der Waals surface area contributed by atoms with Crippen LogP contribution in [0.25, 0.3) is 0 Å². The molecular weight excluding hydrogens is 204 g/mol. The van der Waals surface area contributed by atoms with Crippen LogP contribution in [0.1, 0.15) is 31.5 Å². The first-order valence-electron chi connectivity index (χ1n) is 5.98. The lowest BCUT2D eigenvalue weighted by atomic mass is 9.85. The van der Waals surface area contributed by atoms with Gasteiger partial charge in [-0.05, 0) is 18.8 Å². The fourth-order valence-electron chi connectivity index (χ4n) is 2.40. The average molecular weight is 224 g/mol. The summed E-state index contributed by atoms with van der Waals surface area (Å²) in [6.45, 7) is 1.02. The van der Waals surface area contributed by atoms with Crippen molar-refractivity contribution in [3.8, 4) is 0 Å². The van der Waals surface area contributed by atoms with Crippen LogP contribution >= 0.6 is 0 Å². The summed E-state index contributed by atoms with van der Waals surface area (Å²) in [5.74, 6) is 1.35. The van der Waals surface area contributed by atoms with E-state index in [-0.39, 0.29) is 6.61 Å². The average Bonchev–Trinajstić information content (AvgIpc) is 2.72. The Morgan fingerprint density at radius 1 is 1.50 bits per heavy atom. The summed E-state index contributed by atoms with van der Waals surface area (Å²) in [4.78, 5) is 4.18. The minimum Gasteiger partial charge on any atom is -0.396 e. The number of aliphatic hydroxyl groups excluding tert-OH is 1. The van der Waals surface area contributed by atoms with Gasteiger partial charge in [-0.2, -0.15) is 5.10 Å². The molecule has 0 aromatic carbocycles. The first-order chi connectivity index (χ1) is 7.81. The van der Waals surface area contributed by atoms with E-state index in [0.717, 1.165) is 25.2 Å². The maximum atomic E-state index is 9.30. The van der Waals surface area contributed by atoms with Gasteiger partial charge in [-0.3, -0.25) is 4.68 Å². The van der Waals surface area contributed by atoms with Crippen molar-refractivity contribution < 1.29 is 5.11 Å². The predicted octanol–water partition coefficient (Wildman–Crippen LogP) is 0.456. The molecule has 16 heavy (non-hydrogen) atoms. The lowest BCUT2D eigenvalue weighted by Gasteiger charge is -2.30. The molecule has 5 nitrogen and oxygen atoms in total. The quantitative estimate of drug-likeness (QED) is 0.779. The molecule has 2 N–H and O–H groups in total. The Kier molecular flexibility index (Phi) is 3.90. The zero-order valence-corrected chi connectivity index (χ0v) is 9.76. The summed E-state index contributed by atoms with van der Waals surface area (Å²) < 4.78 is 1.78. The summed E-state index contributed by atoms with van der Waals surface area (Å²) in [5.41, 5.74) is 0. The molecule has 0 spiro atoms. The van der Waals surface area contributed by atoms with Crippen LogP contribution in [0.2, 0.25) is 0 Å². The van der Waals surface area contributed by atoms with Crippen LogP contribution in [-0.2, 0) is 13.6 Å². The maximum Gasteiger partial charge on any atom is 0.140 e. The van der Waals surface area contributed by atoms with E-state index in [9.17, 15) is 5.11 Å². The molecule has 0 unspecified atom stereocenters. The minimum absolute atomic E-state index is 0.288. The summed E-state index contributed by atoms with van der Waals surface area (Å²) in [6.07, 6.45) is 6.36. The number of hydrogen-bond donors (Lipinski definition) is 2. The number of aryl methyl sites for hydroxylation is 1. The van der Waals surface area contributed by atoms with Crippen molar-refractivity contribution in [2.75, 3.05) is 6.61 Å². The molecule has 0 radical (unpaired) electrons. The second-order valence-electron chi connectivity index (χ2n) is 4.51. The second kappa shape index (κ2) is 5.41. The summed E-state index contributed by atoms with van der Waals surface area (Å²) in [5, 5.41) is 16.8. The fourth-order valence-corrected chi connectivity index (χ4v) is 2.40. The van der Waals surface area contributed by atoms with Gasteiger partial charge in [0.2, 0.25) is 0 Å². The van der Waals surface area contributed by atoms with Crippen LogP contribution in [0, 0.1) is 5.92 Å². The smallest absolute Gasteiger partial charge is 0.140 e. The molecule has 1 aliphatic carbocycles. The van der Waals surface area contributed by atoms with E-state index >= 15 is 0 Å². The molecule has 1 saturated carbocycles.